The third-order valence-electron chi connectivity index (χ3n) is 4.22. The van der Waals surface area contributed by atoms with E-state index in [-0.39, 0.29) is 0 Å². The van der Waals surface area contributed by atoms with Crippen LogP contribution in [0.25, 0.3) is 11.3 Å². The van der Waals surface area contributed by atoms with E-state index in [0.717, 1.165) is 41.5 Å². The lowest BCUT2D eigenvalue weighted by Crippen LogP contribution is -2.26. The summed E-state index contributed by atoms with van der Waals surface area (Å²) in [6.45, 7) is 5.67. The van der Waals surface area contributed by atoms with E-state index in [1.807, 2.05) is 19.1 Å². The molecule has 3 nitrogen and oxygen atoms in total. The molecule has 0 unspecified atom stereocenters. The predicted molar refractivity (Wildman–Crippen MR) is 81.7 cm³/mol. The highest BCUT2D eigenvalue weighted by molar-refractivity contribution is 6.52. The Bertz CT molecular complexity index is 720. The minimum atomic E-state index is -0.455. The van der Waals surface area contributed by atoms with Gasteiger partial charge < -0.3 is 4.74 Å². The Morgan fingerprint density at radius 3 is 2.52 bits per heavy atom. The van der Waals surface area contributed by atoms with Crippen molar-refractivity contribution < 1.29 is 14.3 Å². The van der Waals surface area contributed by atoms with Crippen LogP contribution in [0.5, 0.6) is 0 Å². The van der Waals surface area contributed by atoms with E-state index < -0.39 is 11.6 Å². The zero-order chi connectivity index (χ0) is 15.1. The van der Waals surface area contributed by atoms with Crippen molar-refractivity contribution in [3.05, 3.63) is 46.2 Å². The van der Waals surface area contributed by atoms with E-state index in [2.05, 4.69) is 6.92 Å². The molecule has 0 saturated carbocycles. The normalized spacial score (nSPS) is 16.6. The number of rotatable bonds is 3. The van der Waals surface area contributed by atoms with Crippen molar-refractivity contribution in [2.24, 2.45) is 0 Å². The summed E-state index contributed by atoms with van der Waals surface area (Å²) in [7, 11) is 0. The third-order valence-corrected chi connectivity index (χ3v) is 4.22. The van der Waals surface area contributed by atoms with Crippen LogP contribution in [-0.2, 0) is 9.53 Å². The number of carbonyl (C=O) groups excluding carboxylic acids is 2. The lowest BCUT2D eigenvalue weighted by atomic mass is 9.80. The maximum Gasteiger partial charge on any atom is 0.234 e. The Morgan fingerprint density at radius 2 is 1.81 bits per heavy atom. The minimum absolute atomic E-state index is 0.408. The van der Waals surface area contributed by atoms with Crippen molar-refractivity contribution in [3.8, 4) is 0 Å². The number of unbranched alkanes of at least 4 members (excludes halogenated alkanes) is 1. The van der Waals surface area contributed by atoms with Gasteiger partial charge in [-0.2, -0.15) is 0 Å². The first-order chi connectivity index (χ1) is 10.1. The summed E-state index contributed by atoms with van der Waals surface area (Å²) in [6.07, 6.45) is 4.83. The molecule has 0 radical (unpaired) electrons. The van der Waals surface area contributed by atoms with Crippen LogP contribution in [0.1, 0.15) is 60.2 Å². The number of hydrogen-bond acceptors (Lipinski definition) is 3. The van der Waals surface area contributed by atoms with Gasteiger partial charge >= 0.3 is 0 Å². The van der Waals surface area contributed by atoms with E-state index in [1.54, 1.807) is 13.2 Å². The molecule has 21 heavy (non-hydrogen) atoms. The second kappa shape index (κ2) is 4.99. The van der Waals surface area contributed by atoms with Gasteiger partial charge in [0.25, 0.3) is 0 Å². The van der Waals surface area contributed by atoms with Gasteiger partial charge in [0.1, 0.15) is 5.76 Å². The quantitative estimate of drug-likeness (QED) is 0.785. The zero-order valence-corrected chi connectivity index (χ0v) is 12.6. The Morgan fingerprint density at radius 1 is 1.05 bits per heavy atom. The molecule has 108 valence electrons. The SMILES string of the molecule is CCCCC1=COC2=C(C)C(=O)C(=O)c3c(C)ccc1c32. The molecule has 2 aliphatic rings. The topological polar surface area (TPSA) is 43.4 Å². The van der Waals surface area contributed by atoms with Gasteiger partial charge in [0.05, 0.1) is 6.26 Å². The van der Waals surface area contributed by atoms with Gasteiger partial charge in [0, 0.05) is 16.7 Å². The van der Waals surface area contributed by atoms with Crippen molar-refractivity contribution >= 4 is 22.9 Å². The smallest absolute Gasteiger partial charge is 0.234 e. The molecule has 0 amide bonds. The van der Waals surface area contributed by atoms with Gasteiger partial charge in [-0.1, -0.05) is 25.5 Å². The van der Waals surface area contributed by atoms with Crippen molar-refractivity contribution in [1.29, 1.82) is 0 Å². The molecule has 0 atom stereocenters. The summed E-state index contributed by atoms with van der Waals surface area (Å²) in [4.78, 5) is 24.4. The largest absolute Gasteiger partial charge is 0.464 e. The van der Waals surface area contributed by atoms with Gasteiger partial charge in [0.2, 0.25) is 11.6 Å². The molecular formula is C18H18O3. The molecule has 0 N–H and O–H groups in total. The molecule has 0 bridgehead atoms. The Hall–Kier alpha value is -2.16. The highest BCUT2D eigenvalue weighted by atomic mass is 16.5. The zero-order valence-electron chi connectivity index (χ0n) is 12.6. The molecule has 3 heteroatoms. The van der Waals surface area contributed by atoms with Crippen molar-refractivity contribution in [3.63, 3.8) is 0 Å². The van der Waals surface area contributed by atoms with Gasteiger partial charge in [0.15, 0.2) is 0 Å². The molecule has 1 heterocycles. The fourth-order valence-electron chi connectivity index (χ4n) is 2.98. The van der Waals surface area contributed by atoms with Crippen LogP contribution in [-0.4, -0.2) is 11.6 Å². The molecule has 3 rings (SSSR count). The Kier molecular flexibility index (Phi) is 3.28. The lowest BCUT2D eigenvalue weighted by Gasteiger charge is -2.27. The number of benzene rings is 1. The Balaban J connectivity index is 2.25. The first-order valence-corrected chi connectivity index (χ1v) is 7.36. The third kappa shape index (κ3) is 1.96. The molecule has 1 aromatic carbocycles. The molecule has 1 aliphatic carbocycles. The molecule has 0 saturated heterocycles. The first kappa shape index (κ1) is 13.8. The van der Waals surface area contributed by atoms with Crippen molar-refractivity contribution in [2.75, 3.05) is 0 Å². The molecular weight excluding hydrogens is 264 g/mol. The lowest BCUT2D eigenvalue weighted by molar-refractivity contribution is -0.111. The first-order valence-electron chi connectivity index (χ1n) is 7.36. The number of carbonyl (C=O) groups is 2. The van der Waals surface area contributed by atoms with Crippen LogP contribution in [0.15, 0.2) is 24.0 Å². The number of allylic oxidation sites excluding steroid dienone is 2. The molecule has 1 aromatic rings. The summed E-state index contributed by atoms with van der Waals surface area (Å²) in [5.41, 5.74) is 4.70. The average molecular weight is 282 g/mol. The van der Waals surface area contributed by atoms with Crippen molar-refractivity contribution in [2.45, 2.75) is 40.0 Å². The van der Waals surface area contributed by atoms with E-state index >= 15 is 0 Å². The summed E-state index contributed by atoms with van der Waals surface area (Å²) < 4.78 is 5.73. The highest BCUT2D eigenvalue weighted by Crippen LogP contribution is 2.42. The van der Waals surface area contributed by atoms with Gasteiger partial charge in [-0.3, -0.25) is 9.59 Å². The van der Waals surface area contributed by atoms with E-state index in [0.29, 0.717) is 16.9 Å². The molecule has 1 aliphatic heterocycles. The maximum absolute atomic E-state index is 12.3. The van der Waals surface area contributed by atoms with Gasteiger partial charge in [-0.15, -0.1) is 0 Å². The minimum Gasteiger partial charge on any atom is -0.464 e. The van der Waals surface area contributed by atoms with E-state index in [1.165, 1.54) is 0 Å². The Labute approximate surface area is 124 Å². The van der Waals surface area contributed by atoms with Crippen LogP contribution in [0.4, 0.5) is 0 Å². The molecule has 0 fully saturated rings. The molecule has 0 spiro atoms. The standard InChI is InChI=1S/C18H18O3/c1-4-5-6-12-9-21-18-11(3)16(19)17(20)14-10(2)7-8-13(12)15(14)18/h7-9H,4-6H2,1-3H3. The maximum atomic E-state index is 12.3. The van der Waals surface area contributed by atoms with Crippen molar-refractivity contribution in [1.82, 2.24) is 0 Å². The fraction of sp³-hybridized carbons (Fsp3) is 0.333. The van der Waals surface area contributed by atoms with E-state index in [9.17, 15) is 9.59 Å². The second-order valence-electron chi connectivity index (χ2n) is 5.66. The van der Waals surface area contributed by atoms with Crippen LogP contribution in [0.2, 0.25) is 0 Å². The van der Waals surface area contributed by atoms with E-state index in [4.69, 9.17) is 4.74 Å². The predicted octanol–water partition coefficient (Wildman–Crippen LogP) is 4.05. The monoisotopic (exact) mass is 282 g/mol. The summed E-state index contributed by atoms with van der Waals surface area (Å²) >= 11 is 0. The number of hydrogen-bond donors (Lipinski definition) is 0. The number of ether oxygens (including phenoxy) is 1. The summed E-state index contributed by atoms with van der Waals surface area (Å²) in [6, 6.07) is 3.96. The highest BCUT2D eigenvalue weighted by Gasteiger charge is 2.36. The van der Waals surface area contributed by atoms with Gasteiger partial charge in [-0.25, -0.2) is 0 Å². The summed E-state index contributed by atoms with van der Waals surface area (Å²) in [5, 5.41) is 0. The number of aryl methyl sites for hydroxylation is 1. The van der Waals surface area contributed by atoms with Gasteiger partial charge in [-0.05, 0) is 43.4 Å². The van der Waals surface area contributed by atoms with Crippen LogP contribution < -0.4 is 0 Å². The van der Waals surface area contributed by atoms with Crippen LogP contribution in [0, 0.1) is 6.92 Å². The molecule has 0 aromatic heterocycles. The van der Waals surface area contributed by atoms with Crippen LogP contribution in [0.3, 0.4) is 0 Å². The number of ketones is 2. The summed E-state index contributed by atoms with van der Waals surface area (Å²) in [5.74, 6) is -0.317. The second-order valence-corrected chi connectivity index (χ2v) is 5.66. The average Bonchev–Trinajstić information content (AvgIpc) is 2.49. The number of Topliss-reactive ketones (excluding diaryl/α,β-unsaturated/α-hetero) is 2. The van der Waals surface area contributed by atoms with Crippen LogP contribution >= 0.6 is 0 Å². The fourth-order valence-corrected chi connectivity index (χ4v) is 2.98.